The molecule has 1 fully saturated rings. The number of H-pyrrole nitrogens is 1. The largest absolute Gasteiger partial charge is 0.387 e. The first-order valence-electron chi connectivity index (χ1n) is 9.55. The molecule has 1 aliphatic rings. The molecule has 148 valence electrons. The average molecular weight is 390 g/mol. The molecule has 0 aliphatic carbocycles. The lowest BCUT2D eigenvalue weighted by molar-refractivity contribution is -0.135. The highest BCUT2D eigenvalue weighted by Crippen LogP contribution is 2.18. The third-order valence-corrected chi connectivity index (χ3v) is 5.15. The van der Waals surface area contributed by atoms with Gasteiger partial charge in [0.1, 0.15) is 6.61 Å². The van der Waals surface area contributed by atoms with E-state index in [1.54, 1.807) is 9.80 Å². The highest BCUT2D eigenvalue weighted by atomic mass is 16.3. The molecule has 0 radical (unpaired) electrons. The number of amides is 2. The van der Waals surface area contributed by atoms with Crippen molar-refractivity contribution in [3.05, 3.63) is 65.4 Å². The van der Waals surface area contributed by atoms with Gasteiger partial charge in [-0.15, -0.1) is 0 Å². The summed E-state index contributed by atoms with van der Waals surface area (Å²) in [4.78, 5) is 27.5. The van der Waals surface area contributed by atoms with E-state index in [1.807, 2.05) is 60.7 Å². The van der Waals surface area contributed by atoms with Crippen LogP contribution >= 0.6 is 0 Å². The van der Waals surface area contributed by atoms with Gasteiger partial charge in [0.25, 0.3) is 5.91 Å². The molecule has 0 saturated carbocycles. The van der Waals surface area contributed by atoms with Crippen molar-refractivity contribution in [3.63, 3.8) is 0 Å². The van der Waals surface area contributed by atoms with Gasteiger partial charge in [-0.2, -0.15) is 5.10 Å². The van der Waals surface area contributed by atoms with Crippen LogP contribution < -0.4 is 0 Å². The predicted octanol–water partition coefficient (Wildman–Crippen LogP) is 2.01. The van der Waals surface area contributed by atoms with E-state index in [2.05, 4.69) is 10.2 Å². The summed E-state index contributed by atoms with van der Waals surface area (Å²) in [6.45, 7) is 1.35. The minimum absolute atomic E-state index is 0.0464. The minimum atomic E-state index is -0.489. The van der Waals surface area contributed by atoms with Crippen LogP contribution in [0.25, 0.3) is 23.1 Å². The summed E-state index contributed by atoms with van der Waals surface area (Å²) in [5, 5.41) is 17.3. The standard InChI is InChI=1S/C22H22N4O3/c27-15-21(28)25-11-13-26(14-12-25)22(29)17-8-5-16(6-9-17)7-10-20-18-3-1-2-4-19(18)23-24-20/h1-10,27H,11-15H2,(H,23,24). The van der Waals surface area contributed by atoms with Gasteiger partial charge in [-0.25, -0.2) is 0 Å². The number of aliphatic hydroxyl groups is 1. The van der Waals surface area contributed by atoms with E-state index < -0.39 is 6.61 Å². The van der Waals surface area contributed by atoms with Gasteiger partial charge in [0.15, 0.2) is 0 Å². The van der Waals surface area contributed by atoms with Gasteiger partial charge in [0, 0.05) is 37.1 Å². The van der Waals surface area contributed by atoms with E-state index in [0.717, 1.165) is 22.2 Å². The van der Waals surface area contributed by atoms with Crippen molar-refractivity contribution in [2.45, 2.75) is 0 Å². The fourth-order valence-corrected chi connectivity index (χ4v) is 3.47. The number of carbonyl (C=O) groups is 2. The second-order valence-electron chi connectivity index (χ2n) is 6.94. The second kappa shape index (κ2) is 8.28. The fraction of sp³-hybridized carbons (Fsp3) is 0.227. The van der Waals surface area contributed by atoms with E-state index >= 15 is 0 Å². The lowest BCUT2D eigenvalue weighted by Gasteiger charge is -2.34. The molecule has 0 bridgehead atoms. The number of hydrogen-bond donors (Lipinski definition) is 2. The second-order valence-corrected chi connectivity index (χ2v) is 6.94. The summed E-state index contributed by atoms with van der Waals surface area (Å²) in [5.74, 6) is -0.340. The summed E-state index contributed by atoms with van der Waals surface area (Å²) >= 11 is 0. The number of nitrogens with one attached hydrogen (secondary N) is 1. The number of piperazine rings is 1. The SMILES string of the molecule is O=C(CO)N1CCN(C(=O)c2ccc(C=Cc3n[nH]c4ccccc34)cc2)CC1. The molecule has 2 aromatic carbocycles. The number of rotatable bonds is 4. The Hall–Kier alpha value is -3.45. The van der Waals surface area contributed by atoms with Crippen molar-refractivity contribution in [1.29, 1.82) is 0 Å². The average Bonchev–Trinajstić information content (AvgIpc) is 3.20. The molecule has 4 rings (SSSR count). The van der Waals surface area contributed by atoms with E-state index in [9.17, 15) is 9.59 Å². The van der Waals surface area contributed by atoms with Crippen LogP contribution in [0.2, 0.25) is 0 Å². The summed E-state index contributed by atoms with van der Waals surface area (Å²) in [6, 6.07) is 15.4. The maximum absolute atomic E-state index is 12.7. The van der Waals surface area contributed by atoms with Crippen LogP contribution in [-0.2, 0) is 4.79 Å². The number of benzene rings is 2. The molecule has 3 aromatic rings. The predicted molar refractivity (Wildman–Crippen MR) is 111 cm³/mol. The minimum Gasteiger partial charge on any atom is -0.387 e. The van der Waals surface area contributed by atoms with Gasteiger partial charge >= 0.3 is 0 Å². The Labute approximate surface area is 168 Å². The normalized spacial score (nSPS) is 14.7. The topological polar surface area (TPSA) is 89.5 Å². The zero-order valence-corrected chi connectivity index (χ0v) is 15.9. The summed E-state index contributed by atoms with van der Waals surface area (Å²) < 4.78 is 0. The third-order valence-electron chi connectivity index (χ3n) is 5.15. The molecule has 0 unspecified atom stereocenters. The number of para-hydroxylation sites is 1. The first-order chi connectivity index (χ1) is 14.2. The number of aromatic amines is 1. The number of hydrogen-bond acceptors (Lipinski definition) is 4. The number of aromatic nitrogens is 2. The lowest BCUT2D eigenvalue weighted by atomic mass is 10.1. The van der Waals surface area contributed by atoms with Crippen LogP contribution in [0.15, 0.2) is 48.5 Å². The molecular formula is C22H22N4O3. The van der Waals surface area contributed by atoms with Gasteiger partial charge in [0.05, 0.1) is 11.2 Å². The van der Waals surface area contributed by atoms with Crippen LogP contribution in [0.4, 0.5) is 0 Å². The van der Waals surface area contributed by atoms with Gasteiger partial charge in [0.2, 0.25) is 5.91 Å². The molecular weight excluding hydrogens is 368 g/mol. The van der Waals surface area contributed by atoms with E-state index in [1.165, 1.54) is 0 Å². The molecule has 1 aromatic heterocycles. The molecule has 7 heteroatoms. The van der Waals surface area contributed by atoms with Gasteiger partial charge in [-0.05, 0) is 29.8 Å². The monoisotopic (exact) mass is 390 g/mol. The summed E-state index contributed by atoms with van der Waals surface area (Å²) in [6.07, 6.45) is 3.92. The maximum Gasteiger partial charge on any atom is 0.253 e. The Morgan fingerprint density at radius 3 is 2.38 bits per heavy atom. The van der Waals surface area contributed by atoms with Crippen LogP contribution in [-0.4, -0.2) is 69.7 Å². The maximum atomic E-state index is 12.7. The highest BCUT2D eigenvalue weighted by molar-refractivity contribution is 5.95. The summed E-state index contributed by atoms with van der Waals surface area (Å²) in [5.41, 5.74) is 3.46. The Morgan fingerprint density at radius 2 is 1.66 bits per heavy atom. The first kappa shape index (κ1) is 18.9. The van der Waals surface area contributed by atoms with E-state index in [0.29, 0.717) is 31.7 Å². The van der Waals surface area contributed by atoms with Crippen molar-refractivity contribution < 1.29 is 14.7 Å². The van der Waals surface area contributed by atoms with Crippen molar-refractivity contribution in [2.75, 3.05) is 32.8 Å². The van der Waals surface area contributed by atoms with E-state index in [-0.39, 0.29) is 11.8 Å². The van der Waals surface area contributed by atoms with Gasteiger partial charge < -0.3 is 14.9 Å². The Kier molecular flexibility index (Phi) is 5.39. The fourth-order valence-electron chi connectivity index (χ4n) is 3.47. The number of fused-ring (bicyclic) bond motifs is 1. The van der Waals surface area contributed by atoms with Crippen molar-refractivity contribution in [2.24, 2.45) is 0 Å². The first-order valence-corrected chi connectivity index (χ1v) is 9.55. The van der Waals surface area contributed by atoms with Gasteiger partial charge in [-0.1, -0.05) is 36.4 Å². The molecule has 1 aliphatic heterocycles. The van der Waals surface area contributed by atoms with Crippen molar-refractivity contribution in [3.8, 4) is 0 Å². The number of aliphatic hydroxyl groups excluding tert-OH is 1. The van der Waals surface area contributed by atoms with Gasteiger partial charge in [-0.3, -0.25) is 14.7 Å². The van der Waals surface area contributed by atoms with Crippen LogP contribution in [0.5, 0.6) is 0 Å². The lowest BCUT2D eigenvalue weighted by Crippen LogP contribution is -2.51. The van der Waals surface area contributed by atoms with Crippen LogP contribution in [0.1, 0.15) is 21.6 Å². The highest BCUT2D eigenvalue weighted by Gasteiger charge is 2.24. The molecule has 2 amide bonds. The van der Waals surface area contributed by atoms with E-state index in [4.69, 9.17) is 5.11 Å². The molecule has 1 saturated heterocycles. The van der Waals surface area contributed by atoms with Crippen LogP contribution in [0, 0.1) is 0 Å². The van der Waals surface area contributed by atoms with Crippen LogP contribution in [0.3, 0.4) is 0 Å². The molecule has 0 atom stereocenters. The Morgan fingerprint density at radius 1 is 0.966 bits per heavy atom. The Bertz CT molecular complexity index is 1050. The van der Waals surface area contributed by atoms with Crippen molar-refractivity contribution >= 4 is 34.9 Å². The Balaban J connectivity index is 1.40. The third kappa shape index (κ3) is 4.05. The molecule has 7 nitrogen and oxygen atoms in total. The molecule has 2 heterocycles. The zero-order chi connectivity index (χ0) is 20.2. The quantitative estimate of drug-likeness (QED) is 0.713. The molecule has 29 heavy (non-hydrogen) atoms. The van der Waals surface area contributed by atoms with Crippen molar-refractivity contribution in [1.82, 2.24) is 20.0 Å². The number of carbonyl (C=O) groups excluding carboxylic acids is 2. The summed E-state index contributed by atoms with van der Waals surface area (Å²) in [7, 11) is 0. The number of nitrogens with zero attached hydrogens (tertiary/aromatic N) is 3. The smallest absolute Gasteiger partial charge is 0.253 e. The molecule has 0 spiro atoms. The zero-order valence-electron chi connectivity index (χ0n) is 15.9. The molecule has 2 N–H and O–H groups in total.